The molecule has 1 aliphatic heterocycles. The Hall–Kier alpha value is -4.83. The first-order valence-corrected chi connectivity index (χ1v) is 14.5. The molecule has 7 rings (SSSR count). The van der Waals surface area contributed by atoms with Gasteiger partial charge in [-0.2, -0.15) is 0 Å². The van der Waals surface area contributed by atoms with Gasteiger partial charge < -0.3 is 23.5 Å². The number of hydrogen-bond acceptors (Lipinski definition) is 8. The van der Waals surface area contributed by atoms with Gasteiger partial charge in [0.2, 0.25) is 4.96 Å². The Bertz CT molecular complexity index is 1870. The highest BCUT2D eigenvalue weighted by molar-refractivity contribution is 7.18. The maximum atomic E-state index is 12.7. The fourth-order valence-electron chi connectivity index (χ4n) is 5.26. The summed E-state index contributed by atoms with van der Waals surface area (Å²) in [7, 11) is 3.22. The average Bonchev–Trinajstić information content (AvgIpc) is 3.83. The number of aromatic nitrogens is 3. The highest BCUT2D eigenvalue weighted by Gasteiger charge is 2.20. The third kappa shape index (κ3) is 4.94. The summed E-state index contributed by atoms with van der Waals surface area (Å²) >= 11 is 1.36. The maximum absolute atomic E-state index is 12.7. The first-order valence-electron chi connectivity index (χ1n) is 13.7. The summed E-state index contributed by atoms with van der Waals surface area (Å²) in [6, 6.07) is 21.5. The monoisotopic (exact) mass is 580 g/mol. The predicted octanol–water partition coefficient (Wildman–Crippen LogP) is 6.70. The standard InChI is InChI=1S/C32H28N4O5S/c1-38-25-15-23(26-17-29(41-28(26)16-25)27-18-36-31(33-27)42-32(34-36)39-2)19-40-24-7-5-6-22(14-24)20-8-10-21(11-9-20)30(37)35-12-3-4-13-35/h5-11,14-18H,3-4,12-13,19H2,1-2H3. The second kappa shape index (κ2) is 10.9. The summed E-state index contributed by atoms with van der Waals surface area (Å²) in [5.74, 6) is 2.15. The lowest BCUT2D eigenvalue weighted by Gasteiger charge is -2.15. The molecular weight excluding hydrogens is 552 g/mol. The smallest absolute Gasteiger partial charge is 0.294 e. The summed E-state index contributed by atoms with van der Waals surface area (Å²) < 4.78 is 24.9. The van der Waals surface area contributed by atoms with Crippen LogP contribution in [0.2, 0.25) is 0 Å². The molecule has 3 aromatic heterocycles. The first-order chi connectivity index (χ1) is 20.6. The fourth-order valence-corrected chi connectivity index (χ4v) is 5.96. The summed E-state index contributed by atoms with van der Waals surface area (Å²) in [4.78, 5) is 20.0. The second-order valence-corrected chi connectivity index (χ2v) is 11.0. The number of methoxy groups -OCH3 is 2. The summed E-state index contributed by atoms with van der Waals surface area (Å²) in [6.07, 6.45) is 3.98. The van der Waals surface area contributed by atoms with Crippen LogP contribution < -0.4 is 14.2 Å². The molecule has 10 heteroatoms. The molecule has 1 aliphatic rings. The SMILES string of the molecule is COc1cc(COc2cccc(-c3ccc(C(=O)N4CCCC4)cc3)c2)c2cc(-c3cn4nc(OC)sc4n3)oc2c1. The van der Waals surface area contributed by atoms with E-state index in [0.717, 1.165) is 64.3 Å². The van der Waals surface area contributed by atoms with Gasteiger partial charge in [0.25, 0.3) is 11.1 Å². The van der Waals surface area contributed by atoms with Crippen LogP contribution in [-0.4, -0.2) is 52.7 Å². The summed E-state index contributed by atoms with van der Waals surface area (Å²) in [6.45, 7) is 2.00. The zero-order valence-electron chi connectivity index (χ0n) is 23.2. The molecule has 0 aliphatic carbocycles. The van der Waals surface area contributed by atoms with E-state index in [-0.39, 0.29) is 5.91 Å². The molecule has 6 aromatic rings. The third-order valence-corrected chi connectivity index (χ3v) is 8.35. The molecule has 9 nitrogen and oxygen atoms in total. The minimum atomic E-state index is 0.104. The number of rotatable bonds is 8. The van der Waals surface area contributed by atoms with E-state index < -0.39 is 0 Å². The number of hydrogen-bond donors (Lipinski definition) is 0. The fraction of sp³-hybridized carbons (Fsp3) is 0.219. The molecule has 1 fully saturated rings. The van der Waals surface area contributed by atoms with Gasteiger partial charge in [0, 0.05) is 35.7 Å². The van der Waals surface area contributed by atoms with Gasteiger partial charge in [-0.3, -0.25) is 4.79 Å². The van der Waals surface area contributed by atoms with Crippen molar-refractivity contribution in [2.24, 2.45) is 0 Å². The van der Waals surface area contributed by atoms with Crippen molar-refractivity contribution in [3.8, 4) is 39.3 Å². The number of likely N-dealkylation sites (tertiary alicyclic amines) is 1. The van der Waals surface area contributed by atoms with Crippen LogP contribution in [0.4, 0.5) is 0 Å². The topological polar surface area (TPSA) is 91.3 Å². The highest BCUT2D eigenvalue weighted by atomic mass is 32.1. The van der Waals surface area contributed by atoms with Crippen LogP contribution in [0.25, 0.3) is 38.5 Å². The van der Waals surface area contributed by atoms with Crippen molar-refractivity contribution >= 4 is 33.2 Å². The number of nitrogens with zero attached hydrogens (tertiary/aromatic N) is 4. The molecule has 212 valence electrons. The number of imidazole rings is 1. The lowest BCUT2D eigenvalue weighted by Crippen LogP contribution is -2.27. The second-order valence-electron chi connectivity index (χ2n) is 10.1. The molecule has 0 atom stereocenters. The van der Waals surface area contributed by atoms with Crippen molar-refractivity contribution in [3.05, 3.63) is 84.1 Å². The van der Waals surface area contributed by atoms with Crippen LogP contribution in [0.3, 0.4) is 0 Å². The van der Waals surface area contributed by atoms with Crippen LogP contribution in [-0.2, 0) is 6.61 Å². The van der Waals surface area contributed by atoms with Crippen molar-refractivity contribution < 1.29 is 23.4 Å². The first kappa shape index (κ1) is 26.1. The summed E-state index contributed by atoms with van der Waals surface area (Å²) in [5, 5.41) is 5.81. The Kier molecular flexibility index (Phi) is 6.75. The quantitative estimate of drug-likeness (QED) is 0.198. The Morgan fingerprint density at radius 1 is 0.952 bits per heavy atom. The van der Waals surface area contributed by atoms with Gasteiger partial charge in [0.1, 0.15) is 29.4 Å². The molecule has 1 saturated heterocycles. The zero-order chi connectivity index (χ0) is 28.6. The molecule has 1 amide bonds. The van der Waals surface area contributed by atoms with Crippen LogP contribution in [0.15, 0.2) is 77.3 Å². The van der Waals surface area contributed by atoms with Crippen molar-refractivity contribution in [2.45, 2.75) is 19.4 Å². The van der Waals surface area contributed by atoms with E-state index in [4.69, 9.17) is 18.6 Å². The van der Waals surface area contributed by atoms with E-state index in [1.807, 2.05) is 77.8 Å². The number of amides is 1. The molecule has 4 heterocycles. The zero-order valence-corrected chi connectivity index (χ0v) is 24.0. The molecule has 0 radical (unpaired) electrons. The number of carbonyl (C=O) groups is 1. The number of ether oxygens (including phenoxy) is 3. The van der Waals surface area contributed by atoms with Crippen molar-refractivity contribution in [1.82, 2.24) is 19.5 Å². The molecular formula is C32H28N4O5S. The Balaban J connectivity index is 1.11. The van der Waals surface area contributed by atoms with Gasteiger partial charge in [-0.05, 0) is 71.7 Å². The van der Waals surface area contributed by atoms with Gasteiger partial charge in [-0.15, -0.1) is 5.10 Å². The van der Waals surface area contributed by atoms with E-state index in [1.54, 1.807) is 18.7 Å². The number of fused-ring (bicyclic) bond motifs is 2. The van der Waals surface area contributed by atoms with Crippen LogP contribution in [0.1, 0.15) is 28.8 Å². The lowest BCUT2D eigenvalue weighted by molar-refractivity contribution is 0.0793. The summed E-state index contributed by atoms with van der Waals surface area (Å²) in [5.41, 5.74) is 5.05. The molecule has 3 aromatic carbocycles. The molecule has 0 N–H and O–H groups in total. The molecule has 0 bridgehead atoms. The maximum Gasteiger partial charge on any atom is 0.294 e. The van der Waals surface area contributed by atoms with Gasteiger partial charge in [-0.25, -0.2) is 9.50 Å². The van der Waals surface area contributed by atoms with Crippen molar-refractivity contribution in [3.63, 3.8) is 0 Å². The van der Waals surface area contributed by atoms with Crippen molar-refractivity contribution in [2.75, 3.05) is 27.3 Å². The minimum Gasteiger partial charge on any atom is -0.497 e. The normalized spacial score (nSPS) is 13.2. The van der Waals surface area contributed by atoms with Crippen LogP contribution in [0.5, 0.6) is 16.7 Å². The Morgan fingerprint density at radius 2 is 1.79 bits per heavy atom. The minimum absolute atomic E-state index is 0.104. The Morgan fingerprint density at radius 3 is 2.55 bits per heavy atom. The molecule has 0 saturated carbocycles. The van der Waals surface area contributed by atoms with E-state index in [2.05, 4.69) is 10.1 Å². The molecule has 0 spiro atoms. The van der Waals surface area contributed by atoms with E-state index in [9.17, 15) is 4.79 Å². The van der Waals surface area contributed by atoms with Gasteiger partial charge >= 0.3 is 0 Å². The highest BCUT2D eigenvalue weighted by Crippen LogP contribution is 2.35. The van der Waals surface area contributed by atoms with Crippen LogP contribution in [0, 0.1) is 0 Å². The van der Waals surface area contributed by atoms with E-state index in [1.165, 1.54) is 11.3 Å². The van der Waals surface area contributed by atoms with E-state index >= 15 is 0 Å². The van der Waals surface area contributed by atoms with Crippen LogP contribution >= 0.6 is 11.3 Å². The van der Waals surface area contributed by atoms with Gasteiger partial charge in [-0.1, -0.05) is 24.3 Å². The van der Waals surface area contributed by atoms with Crippen molar-refractivity contribution in [1.29, 1.82) is 0 Å². The largest absolute Gasteiger partial charge is 0.497 e. The average molecular weight is 581 g/mol. The Labute approximate surface area is 245 Å². The molecule has 0 unspecified atom stereocenters. The third-order valence-electron chi connectivity index (χ3n) is 7.47. The number of furan rings is 1. The van der Waals surface area contributed by atoms with Gasteiger partial charge in [0.15, 0.2) is 5.76 Å². The van der Waals surface area contributed by atoms with Gasteiger partial charge in [0.05, 0.1) is 20.4 Å². The van der Waals surface area contributed by atoms with E-state index in [0.29, 0.717) is 34.6 Å². The predicted molar refractivity (Wildman–Crippen MR) is 161 cm³/mol. The number of benzene rings is 3. The lowest BCUT2D eigenvalue weighted by atomic mass is 10.0. The molecule has 42 heavy (non-hydrogen) atoms. The number of carbonyl (C=O) groups excluding carboxylic acids is 1.